The number of benzene rings is 1. The Morgan fingerprint density at radius 2 is 1.94 bits per heavy atom. The molecule has 0 saturated heterocycles. The van der Waals surface area contributed by atoms with Crippen LogP contribution in [0.2, 0.25) is 10.0 Å². The molecule has 0 aliphatic heterocycles. The smallest absolute Gasteiger partial charge is 0.337 e. The van der Waals surface area contributed by atoms with Crippen LogP contribution in [0.15, 0.2) is 28.1 Å². The molecule has 0 heterocycles. The van der Waals surface area contributed by atoms with Crippen molar-refractivity contribution in [3.8, 4) is 0 Å². The number of carboxylic acids is 1. The molecular formula is C10H7BrCl2O4S. The van der Waals surface area contributed by atoms with Gasteiger partial charge in [-0.05, 0) is 12.1 Å². The van der Waals surface area contributed by atoms with Gasteiger partial charge in [-0.25, -0.2) is 13.2 Å². The van der Waals surface area contributed by atoms with E-state index in [9.17, 15) is 13.2 Å². The van der Waals surface area contributed by atoms with Crippen molar-refractivity contribution in [2.24, 2.45) is 0 Å². The van der Waals surface area contributed by atoms with Crippen LogP contribution in [0.5, 0.6) is 0 Å². The van der Waals surface area contributed by atoms with Gasteiger partial charge in [0.05, 0.1) is 21.2 Å². The molecule has 8 heteroatoms. The second-order valence-electron chi connectivity index (χ2n) is 3.35. The van der Waals surface area contributed by atoms with E-state index in [1.807, 2.05) is 0 Å². The fraction of sp³-hybridized carbons (Fsp3) is 0.100. The average molecular weight is 374 g/mol. The van der Waals surface area contributed by atoms with Crippen LogP contribution in [0.3, 0.4) is 0 Å². The highest BCUT2D eigenvalue weighted by Crippen LogP contribution is 2.31. The lowest BCUT2D eigenvalue weighted by Gasteiger charge is -2.09. The van der Waals surface area contributed by atoms with Gasteiger partial charge in [0.15, 0.2) is 9.84 Å². The van der Waals surface area contributed by atoms with E-state index in [0.29, 0.717) is 0 Å². The summed E-state index contributed by atoms with van der Waals surface area (Å²) >= 11 is 14.4. The first kappa shape index (κ1) is 15.5. The SMILES string of the molecule is C=C(Br)CS(=O)(=O)c1cc(Cl)cc(C(=O)O)c1Cl. The standard InChI is InChI=1S/C10H7BrCl2O4S/c1-5(11)4-18(16,17)8-3-6(12)2-7(9(8)13)10(14)15/h2-3H,1,4H2,(H,14,15). The zero-order chi connectivity index (χ0) is 14.1. The van der Waals surface area contributed by atoms with Crippen LogP contribution in [0.25, 0.3) is 0 Å². The summed E-state index contributed by atoms with van der Waals surface area (Å²) in [7, 11) is -3.79. The van der Waals surface area contributed by atoms with Crippen molar-refractivity contribution in [2.75, 3.05) is 5.75 Å². The van der Waals surface area contributed by atoms with Crippen molar-refractivity contribution in [2.45, 2.75) is 4.90 Å². The lowest BCUT2D eigenvalue weighted by atomic mass is 10.2. The van der Waals surface area contributed by atoms with Gasteiger partial charge in [0.1, 0.15) is 0 Å². The third-order valence-electron chi connectivity index (χ3n) is 1.92. The normalized spacial score (nSPS) is 11.3. The Morgan fingerprint density at radius 1 is 1.39 bits per heavy atom. The zero-order valence-corrected chi connectivity index (χ0v) is 12.7. The zero-order valence-electron chi connectivity index (χ0n) is 8.78. The molecule has 1 rings (SSSR count). The number of hydrogen-bond donors (Lipinski definition) is 1. The van der Waals surface area contributed by atoms with Gasteiger partial charge in [0, 0.05) is 9.51 Å². The molecule has 0 atom stereocenters. The Balaban J connectivity index is 3.51. The molecule has 0 saturated carbocycles. The molecule has 0 amide bonds. The molecule has 1 aromatic rings. The fourth-order valence-electron chi connectivity index (χ4n) is 1.23. The molecule has 98 valence electrons. The maximum atomic E-state index is 12.0. The van der Waals surface area contributed by atoms with Gasteiger partial charge in [-0.3, -0.25) is 0 Å². The van der Waals surface area contributed by atoms with Crippen LogP contribution < -0.4 is 0 Å². The minimum absolute atomic E-state index is 0.0180. The third kappa shape index (κ3) is 3.47. The van der Waals surface area contributed by atoms with Crippen LogP contribution in [0.4, 0.5) is 0 Å². The lowest BCUT2D eigenvalue weighted by Crippen LogP contribution is -2.10. The number of hydrogen-bond acceptors (Lipinski definition) is 3. The molecule has 0 bridgehead atoms. The number of carboxylic acid groups (broad SMARTS) is 1. The Kier molecular flexibility index (Phi) is 4.83. The van der Waals surface area contributed by atoms with Crippen molar-refractivity contribution in [1.29, 1.82) is 0 Å². The Morgan fingerprint density at radius 3 is 2.39 bits per heavy atom. The molecular weight excluding hydrogens is 367 g/mol. The van der Waals surface area contributed by atoms with Gasteiger partial charge in [-0.15, -0.1) is 0 Å². The maximum Gasteiger partial charge on any atom is 0.337 e. The molecule has 0 spiro atoms. The number of sulfone groups is 1. The van der Waals surface area contributed by atoms with Gasteiger partial charge in [-0.2, -0.15) is 0 Å². The molecule has 4 nitrogen and oxygen atoms in total. The van der Waals surface area contributed by atoms with Gasteiger partial charge < -0.3 is 5.11 Å². The first-order valence-corrected chi connectivity index (χ1v) is 7.63. The van der Waals surface area contributed by atoms with E-state index < -0.39 is 21.6 Å². The molecule has 1 aromatic carbocycles. The van der Waals surface area contributed by atoms with Crippen molar-refractivity contribution < 1.29 is 18.3 Å². The van der Waals surface area contributed by atoms with E-state index >= 15 is 0 Å². The Labute approximate surface area is 122 Å². The lowest BCUT2D eigenvalue weighted by molar-refractivity contribution is 0.0697. The molecule has 0 unspecified atom stereocenters. The van der Waals surface area contributed by atoms with Crippen molar-refractivity contribution in [3.05, 3.63) is 38.8 Å². The Bertz CT molecular complexity index is 625. The second-order valence-corrected chi connectivity index (χ2v) is 7.24. The number of halogens is 3. The summed E-state index contributed by atoms with van der Waals surface area (Å²) in [6.45, 7) is 3.42. The van der Waals surface area contributed by atoms with Gasteiger partial charge in [0.25, 0.3) is 0 Å². The molecule has 0 aliphatic carbocycles. The van der Waals surface area contributed by atoms with Gasteiger partial charge in [-0.1, -0.05) is 45.7 Å². The van der Waals surface area contributed by atoms with Gasteiger partial charge in [0.2, 0.25) is 0 Å². The summed E-state index contributed by atoms with van der Waals surface area (Å²) in [6.07, 6.45) is 0. The first-order valence-electron chi connectivity index (χ1n) is 4.43. The maximum absolute atomic E-state index is 12.0. The monoisotopic (exact) mass is 372 g/mol. The fourth-order valence-corrected chi connectivity index (χ4v) is 4.22. The van der Waals surface area contributed by atoms with E-state index in [-0.39, 0.29) is 25.0 Å². The number of rotatable bonds is 4. The summed E-state index contributed by atoms with van der Waals surface area (Å²) in [6, 6.07) is 2.20. The molecule has 18 heavy (non-hydrogen) atoms. The van der Waals surface area contributed by atoms with E-state index in [0.717, 1.165) is 12.1 Å². The van der Waals surface area contributed by atoms with Gasteiger partial charge >= 0.3 is 5.97 Å². The van der Waals surface area contributed by atoms with E-state index in [2.05, 4.69) is 22.5 Å². The third-order valence-corrected chi connectivity index (χ3v) is 5.03. The summed E-state index contributed by atoms with van der Waals surface area (Å²) in [5.41, 5.74) is -0.358. The predicted octanol–water partition coefficient (Wildman–Crippen LogP) is 3.37. The van der Waals surface area contributed by atoms with E-state index in [4.69, 9.17) is 28.3 Å². The van der Waals surface area contributed by atoms with Crippen molar-refractivity contribution >= 4 is 54.9 Å². The Hall–Kier alpha value is -0.560. The number of carbonyl (C=O) groups is 1. The molecule has 1 N–H and O–H groups in total. The van der Waals surface area contributed by atoms with Crippen molar-refractivity contribution in [1.82, 2.24) is 0 Å². The summed E-state index contributed by atoms with van der Waals surface area (Å²) < 4.78 is 24.2. The number of aromatic carboxylic acids is 1. The average Bonchev–Trinajstić information content (AvgIpc) is 2.18. The minimum atomic E-state index is -3.79. The minimum Gasteiger partial charge on any atom is -0.478 e. The highest BCUT2D eigenvalue weighted by atomic mass is 79.9. The topological polar surface area (TPSA) is 71.4 Å². The highest BCUT2D eigenvalue weighted by molar-refractivity contribution is 9.11. The predicted molar refractivity (Wildman–Crippen MR) is 73.5 cm³/mol. The van der Waals surface area contributed by atoms with Crippen molar-refractivity contribution in [3.63, 3.8) is 0 Å². The highest BCUT2D eigenvalue weighted by Gasteiger charge is 2.24. The molecule has 0 radical (unpaired) electrons. The quantitative estimate of drug-likeness (QED) is 0.878. The van der Waals surface area contributed by atoms with Crippen LogP contribution >= 0.6 is 39.1 Å². The summed E-state index contributed by atoms with van der Waals surface area (Å²) in [4.78, 5) is 10.6. The largest absolute Gasteiger partial charge is 0.478 e. The molecule has 0 aromatic heterocycles. The van der Waals surface area contributed by atoms with Crippen LogP contribution in [-0.2, 0) is 9.84 Å². The van der Waals surface area contributed by atoms with Crippen LogP contribution in [-0.4, -0.2) is 25.2 Å². The molecule has 0 aliphatic rings. The van der Waals surface area contributed by atoms with Crippen LogP contribution in [0, 0.1) is 0 Å². The van der Waals surface area contributed by atoms with Crippen LogP contribution in [0.1, 0.15) is 10.4 Å². The summed E-state index contributed by atoms with van der Waals surface area (Å²) in [5, 5.41) is 8.52. The van der Waals surface area contributed by atoms with E-state index in [1.54, 1.807) is 0 Å². The second kappa shape index (κ2) is 5.61. The van der Waals surface area contributed by atoms with E-state index in [1.165, 1.54) is 0 Å². The first-order chi connectivity index (χ1) is 8.15. The summed E-state index contributed by atoms with van der Waals surface area (Å²) in [5.74, 6) is -1.75. The molecule has 0 fully saturated rings.